The molecule has 0 saturated carbocycles. The third-order valence-corrected chi connectivity index (χ3v) is 4.69. The summed E-state index contributed by atoms with van der Waals surface area (Å²) in [5.74, 6) is 0.315. The first-order valence-corrected chi connectivity index (χ1v) is 7.17. The number of non-ortho nitro benzene ring substituents is 1. The Morgan fingerprint density at radius 1 is 1.38 bits per heavy atom. The Bertz CT molecular complexity index is 879. The predicted octanol–water partition coefficient (Wildman–Crippen LogP) is 3.17. The molecule has 1 aromatic carbocycles. The molecule has 106 valence electrons. The van der Waals surface area contributed by atoms with Gasteiger partial charge in [0.15, 0.2) is 5.65 Å². The lowest BCUT2D eigenvalue weighted by Crippen LogP contribution is -1.98. The van der Waals surface area contributed by atoms with Crippen LogP contribution < -0.4 is 5.73 Å². The number of nitrogens with zero attached hydrogens (tertiary/aromatic N) is 4. The van der Waals surface area contributed by atoms with Crippen molar-refractivity contribution >= 4 is 56.7 Å². The molecule has 0 unspecified atom stereocenters. The van der Waals surface area contributed by atoms with Gasteiger partial charge in [0.25, 0.3) is 5.69 Å². The van der Waals surface area contributed by atoms with Crippen LogP contribution in [0.4, 0.5) is 11.5 Å². The lowest BCUT2D eigenvalue weighted by molar-refractivity contribution is -0.384. The second kappa shape index (κ2) is 5.11. The van der Waals surface area contributed by atoms with E-state index in [-0.39, 0.29) is 5.69 Å². The Morgan fingerprint density at radius 3 is 2.86 bits per heavy atom. The highest BCUT2D eigenvalue weighted by atomic mass is 127. The van der Waals surface area contributed by atoms with Crippen molar-refractivity contribution in [3.8, 4) is 5.69 Å². The number of aromatic nitrogens is 3. The number of benzene rings is 1. The molecule has 7 nitrogen and oxygen atoms in total. The summed E-state index contributed by atoms with van der Waals surface area (Å²) in [6.07, 6.45) is 1.33. The van der Waals surface area contributed by atoms with Gasteiger partial charge in [-0.2, -0.15) is 0 Å². The molecule has 0 spiro atoms. The first-order valence-electron chi connectivity index (χ1n) is 5.71. The van der Waals surface area contributed by atoms with Crippen molar-refractivity contribution in [2.75, 3.05) is 5.73 Å². The summed E-state index contributed by atoms with van der Waals surface area (Å²) in [4.78, 5) is 18.6. The van der Waals surface area contributed by atoms with Crippen LogP contribution in [0.2, 0.25) is 5.15 Å². The van der Waals surface area contributed by atoms with E-state index in [0.29, 0.717) is 31.3 Å². The van der Waals surface area contributed by atoms with Gasteiger partial charge in [0.2, 0.25) is 0 Å². The fourth-order valence-corrected chi connectivity index (χ4v) is 3.08. The molecular weight excluding hydrogens is 409 g/mol. The maximum atomic E-state index is 10.9. The van der Waals surface area contributed by atoms with Gasteiger partial charge in [-0.15, -0.1) is 0 Å². The number of halogens is 2. The number of nitrogens with two attached hydrogens (primary N) is 1. The molecule has 2 aromatic heterocycles. The lowest BCUT2D eigenvalue weighted by atomic mass is 10.3. The SMILES string of the molecule is Nc1ncnc2c1c(I)c(Cl)n2-c1cccc([N+](=O)[O-])c1. The minimum Gasteiger partial charge on any atom is -0.383 e. The molecule has 2 heterocycles. The number of nitro groups is 1. The van der Waals surface area contributed by atoms with Crippen LogP contribution in [-0.4, -0.2) is 19.5 Å². The van der Waals surface area contributed by atoms with E-state index in [1.165, 1.54) is 18.5 Å². The lowest BCUT2D eigenvalue weighted by Gasteiger charge is -2.06. The van der Waals surface area contributed by atoms with E-state index >= 15 is 0 Å². The summed E-state index contributed by atoms with van der Waals surface area (Å²) in [5.41, 5.74) is 6.89. The van der Waals surface area contributed by atoms with Crippen LogP contribution in [0.15, 0.2) is 30.6 Å². The third kappa shape index (κ3) is 2.20. The molecule has 2 N–H and O–H groups in total. The summed E-state index contributed by atoms with van der Waals surface area (Å²) in [5, 5.41) is 11.9. The van der Waals surface area contributed by atoms with Gasteiger partial charge < -0.3 is 5.73 Å². The molecule has 0 fully saturated rings. The topological polar surface area (TPSA) is 99.9 Å². The van der Waals surface area contributed by atoms with E-state index in [4.69, 9.17) is 17.3 Å². The number of fused-ring (bicyclic) bond motifs is 1. The van der Waals surface area contributed by atoms with Crippen LogP contribution in [0.25, 0.3) is 16.7 Å². The van der Waals surface area contributed by atoms with E-state index in [1.807, 2.05) is 0 Å². The van der Waals surface area contributed by atoms with E-state index in [0.717, 1.165) is 0 Å². The molecule has 3 rings (SSSR count). The number of nitro benzene ring substituents is 1. The highest BCUT2D eigenvalue weighted by molar-refractivity contribution is 14.1. The highest BCUT2D eigenvalue weighted by Crippen LogP contribution is 2.35. The summed E-state index contributed by atoms with van der Waals surface area (Å²) in [6.45, 7) is 0. The fourth-order valence-electron chi connectivity index (χ4n) is 2.05. The first kappa shape index (κ1) is 14.0. The molecule has 0 bridgehead atoms. The van der Waals surface area contributed by atoms with Crippen molar-refractivity contribution in [3.05, 3.63) is 49.4 Å². The molecule has 0 saturated heterocycles. The van der Waals surface area contributed by atoms with Crippen molar-refractivity contribution in [2.24, 2.45) is 0 Å². The normalized spacial score (nSPS) is 11.0. The van der Waals surface area contributed by atoms with Gasteiger partial charge in [-0.05, 0) is 28.7 Å². The van der Waals surface area contributed by atoms with Gasteiger partial charge >= 0.3 is 0 Å². The molecule has 0 aliphatic rings. The number of hydrogen-bond acceptors (Lipinski definition) is 5. The van der Waals surface area contributed by atoms with Gasteiger partial charge in [0.1, 0.15) is 17.3 Å². The minimum absolute atomic E-state index is 0.0255. The van der Waals surface area contributed by atoms with E-state index in [1.54, 1.807) is 16.7 Å². The summed E-state index contributed by atoms with van der Waals surface area (Å²) < 4.78 is 2.32. The van der Waals surface area contributed by atoms with Crippen molar-refractivity contribution in [1.29, 1.82) is 0 Å². The average Bonchev–Trinajstić information content (AvgIpc) is 2.72. The smallest absolute Gasteiger partial charge is 0.271 e. The van der Waals surface area contributed by atoms with Crippen LogP contribution in [0.3, 0.4) is 0 Å². The Labute approximate surface area is 137 Å². The molecular formula is C12H7ClIN5O2. The zero-order chi connectivity index (χ0) is 15.1. The molecule has 0 radical (unpaired) electrons. The number of hydrogen-bond donors (Lipinski definition) is 1. The van der Waals surface area contributed by atoms with Crippen molar-refractivity contribution in [2.45, 2.75) is 0 Å². The molecule has 0 aliphatic heterocycles. The fraction of sp³-hybridized carbons (Fsp3) is 0. The quantitative estimate of drug-likeness (QED) is 0.394. The minimum atomic E-state index is -0.461. The molecule has 0 amide bonds. The van der Waals surface area contributed by atoms with Crippen molar-refractivity contribution < 1.29 is 4.92 Å². The molecule has 0 atom stereocenters. The average molecular weight is 416 g/mol. The summed E-state index contributed by atoms with van der Waals surface area (Å²) in [6, 6.07) is 6.15. The van der Waals surface area contributed by atoms with E-state index in [2.05, 4.69) is 32.6 Å². The number of rotatable bonds is 2. The van der Waals surface area contributed by atoms with Crippen LogP contribution in [0.1, 0.15) is 0 Å². The Hall–Kier alpha value is -1.94. The Kier molecular flexibility index (Phi) is 3.41. The van der Waals surface area contributed by atoms with E-state index in [9.17, 15) is 10.1 Å². The molecule has 0 aliphatic carbocycles. The largest absolute Gasteiger partial charge is 0.383 e. The zero-order valence-electron chi connectivity index (χ0n) is 10.3. The standard InChI is InChI=1S/C12H7ClIN5O2/c13-10-9(14)8-11(15)16-5-17-12(8)18(10)6-2-1-3-7(4-6)19(20)21/h1-5H,(H2,15,16,17). The molecule has 9 heteroatoms. The van der Waals surface area contributed by atoms with E-state index < -0.39 is 4.92 Å². The van der Waals surface area contributed by atoms with Crippen LogP contribution >= 0.6 is 34.2 Å². The maximum Gasteiger partial charge on any atom is 0.271 e. The second-order valence-corrected chi connectivity index (χ2v) is 5.61. The van der Waals surface area contributed by atoms with Crippen molar-refractivity contribution in [1.82, 2.24) is 14.5 Å². The van der Waals surface area contributed by atoms with Gasteiger partial charge in [0.05, 0.1) is 19.6 Å². The van der Waals surface area contributed by atoms with Gasteiger partial charge in [-0.1, -0.05) is 17.7 Å². The summed E-state index contributed by atoms with van der Waals surface area (Å²) >= 11 is 8.39. The Morgan fingerprint density at radius 2 is 2.14 bits per heavy atom. The maximum absolute atomic E-state index is 10.9. The summed E-state index contributed by atoms with van der Waals surface area (Å²) in [7, 11) is 0. The van der Waals surface area contributed by atoms with Gasteiger partial charge in [-0.3, -0.25) is 14.7 Å². The third-order valence-electron chi connectivity index (χ3n) is 2.96. The van der Waals surface area contributed by atoms with Gasteiger partial charge in [0, 0.05) is 12.1 Å². The van der Waals surface area contributed by atoms with Crippen LogP contribution in [0, 0.1) is 13.7 Å². The molecule has 21 heavy (non-hydrogen) atoms. The zero-order valence-corrected chi connectivity index (χ0v) is 13.2. The van der Waals surface area contributed by atoms with Gasteiger partial charge in [-0.25, -0.2) is 9.97 Å². The number of nitrogen functional groups attached to an aromatic ring is 1. The first-order chi connectivity index (χ1) is 10.0. The van der Waals surface area contributed by atoms with Crippen molar-refractivity contribution in [3.63, 3.8) is 0 Å². The number of anilines is 1. The highest BCUT2D eigenvalue weighted by Gasteiger charge is 2.20. The monoisotopic (exact) mass is 415 g/mol. The predicted molar refractivity (Wildman–Crippen MR) is 87.7 cm³/mol. The second-order valence-electron chi connectivity index (χ2n) is 4.17. The van der Waals surface area contributed by atoms with Crippen LogP contribution in [-0.2, 0) is 0 Å². The molecule has 3 aromatic rings. The van der Waals surface area contributed by atoms with Crippen LogP contribution in [0.5, 0.6) is 0 Å². The Balaban J connectivity index is 2.36.